The Balaban J connectivity index is 1.80. The van der Waals surface area contributed by atoms with E-state index >= 15 is 0 Å². The number of ether oxygens (including phenoxy) is 4. The Bertz CT molecular complexity index is 820. The number of carbonyl (C=O) groups excluding carboxylic acids is 1. The number of nitro benzene ring substituents is 1. The molecule has 0 aliphatic rings. The van der Waals surface area contributed by atoms with Crippen LogP contribution in [0.3, 0.4) is 0 Å². The second-order valence-corrected chi connectivity index (χ2v) is 5.77. The number of aliphatic hydroxyl groups is 1. The molecule has 10 nitrogen and oxygen atoms in total. The predicted octanol–water partition coefficient (Wildman–Crippen LogP) is 1.55. The minimum absolute atomic E-state index is 0.0141. The van der Waals surface area contributed by atoms with E-state index in [1.165, 1.54) is 32.4 Å². The van der Waals surface area contributed by atoms with E-state index in [-0.39, 0.29) is 24.6 Å². The molecule has 0 aliphatic carbocycles. The molecule has 29 heavy (non-hydrogen) atoms. The summed E-state index contributed by atoms with van der Waals surface area (Å²) < 4.78 is 21.1. The molecule has 0 aromatic heterocycles. The van der Waals surface area contributed by atoms with Gasteiger partial charge in [0.1, 0.15) is 12.7 Å². The largest absolute Gasteiger partial charge is 0.493 e. The second-order valence-electron chi connectivity index (χ2n) is 5.77. The lowest BCUT2D eigenvalue weighted by atomic mass is 10.3. The van der Waals surface area contributed by atoms with Crippen molar-refractivity contribution < 1.29 is 33.8 Å². The number of hydrogen-bond donors (Lipinski definition) is 2. The van der Waals surface area contributed by atoms with E-state index in [0.717, 1.165) is 0 Å². The molecule has 0 bridgehead atoms. The van der Waals surface area contributed by atoms with Gasteiger partial charge in [-0.05, 0) is 18.2 Å². The van der Waals surface area contributed by atoms with Gasteiger partial charge in [-0.1, -0.05) is 18.2 Å². The lowest BCUT2D eigenvalue weighted by molar-refractivity contribution is -0.385. The maximum absolute atomic E-state index is 11.9. The van der Waals surface area contributed by atoms with E-state index in [2.05, 4.69) is 5.32 Å². The number of methoxy groups -OCH3 is 2. The number of nitro groups is 1. The summed E-state index contributed by atoms with van der Waals surface area (Å²) in [6.07, 6.45) is -1.01. The number of carbonyl (C=O) groups is 1. The van der Waals surface area contributed by atoms with E-state index in [1.54, 1.807) is 24.3 Å². The van der Waals surface area contributed by atoms with Crippen molar-refractivity contribution in [3.63, 3.8) is 0 Å². The van der Waals surface area contributed by atoms with Crippen molar-refractivity contribution in [1.29, 1.82) is 0 Å². The van der Waals surface area contributed by atoms with Gasteiger partial charge in [-0.3, -0.25) is 14.9 Å². The standard InChI is InChI=1S/C19H22N2O8/c1-26-16-8-5-9-17(27-2)19(16)29-11-13(22)10-20-18(23)12-28-15-7-4-3-6-14(15)21(24)25/h3-9,13,22H,10-12H2,1-2H3,(H,20,23). The molecule has 1 unspecified atom stereocenters. The highest BCUT2D eigenvalue weighted by Crippen LogP contribution is 2.36. The fraction of sp³-hybridized carbons (Fsp3) is 0.316. The molecule has 2 rings (SSSR count). The molecular weight excluding hydrogens is 384 g/mol. The third-order valence-corrected chi connectivity index (χ3v) is 3.76. The number of nitrogens with one attached hydrogen (secondary N) is 1. The van der Waals surface area contributed by atoms with Crippen molar-refractivity contribution in [3.05, 3.63) is 52.6 Å². The molecule has 2 aromatic rings. The normalized spacial score (nSPS) is 11.3. The first kappa shape index (κ1) is 21.8. The van der Waals surface area contributed by atoms with Crippen molar-refractivity contribution in [3.8, 4) is 23.0 Å². The van der Waals surface area contributed by atoms with Crippen LogP contribution >= 0.6 is 0 Å². The Labute approximate surface area is 167 Å². The summed E-state index contributed by atoms with van der Waals surface area (Å²) in [5, 5.41) is 23.4. The Kier molecular flexibility index (Phi) is 8.04. The number of aliphatic hydroxyl groups excluding tert-OH is 1. The predicted molar refractivity (Wildman–Crippen MR) is 103 cm³/mol. The van der Waals surface area contributed by atoms with Gasteiger partial charge in [-0.15, -0.1) is 0 Å². The fourth-order valence-electron chi connectivity index (χ4n) is 2.35. The van der Waals surface area contributed by atoms with E-state index in [1.807, 2.05) is 0 Å². The first-order chi connectivity index (χ1) is 14.0. The number of para-hydroxylation sites is 3. The van der Waals surface area contributed by atoms with Crippen LogP contribution in [-0.4, -0.2) is 56.0 Å². The number of rotatable bonds is 11. The molecule has 1 atom stereocenters. The fourth-order valence-corrected chi connectivity index (χ4v) is 2.35. The van der Waals surface area contributed by atoms with Crippen LogP contribution in [0.15, 0.2) is 42.5 Å². The summed E-state index contributed by atoms with van der Waals surface area (Å²) >= 11 is 0. The zero-order chi connectivity index (χ0) is 21.2. The van der Waals surface area contributed by atoms with Crippen molar-refractivity contribution in [2.24, 2.45) is 0 Å². The average Bonchev–Trinajstić information content (AvgIpc) is 2.74. The van der Waals surface area contributed by atoms with Crippen molar-refractivity contribution >= 4 is 11.6 Å². The first-order valence-corrected chi connectivity index (χ1v) is 8.61. The van der Waals surface area contributed by atoms with Crippen LogP contribution in [-0.2, 0) is 4.79 Å². The third kappa shape index (κ3) is 6.25. The van der Waals surface area contributed by atoms with Crippen molar-refractivity contribution in [2.45, 2.75) is 6.10 Å². The van der Waals surface area contributed by atoms with Crippen LogP contribution < -0.4 is 24.3 Å². The SMILES string of the molecule is COc1cccc(OC)c1OCC(O)CNC(=O)COc1ccccc1[N+](=O)[O-]. The maximum Gasteiger partial charge on any atom is 0.310 e. The Morgan fingerprint density at radius 1 is 1.07 bits per heavy atom. The number of amides is 1. The number of benzene rings is 2. The smallest absolute Gasteiger partial charge is 0.310 e. The van der Waals surface area contributed by atoms with Gasteiger partial charge in [0.15, 0.2) is 23.9 Å². The lowest BCUT2D eigenvalue weighted by Gasteiger charge is -2.17. The lowest BCUT2D eigenvalue weighted by Crippen LogP contribution is -2.37. The highest BCUT2D eigenvalue weighted by atomic mass is 16.6. The summed E-state index contributed by atoms with van der Waals surface area (Å²) in [6.45, 7) is -0.655. The minimum Gasteiger partial charge on any atom is -0.493 e. The average molecular weight is 406 g/mol. The van der Waals surface area contributed by atoms with Gasteiger partial charge in [0, 0.05) is 12.6 Å². The highest BCUT2D eigenvalue weighted by Gasteiger charge is 2.16. The molecule has 1 amide bonds. The van der Waals surface area contributed by atoms with Crippen molar-refractivity contribution in [1.82, 2.24) is 5.32 Å². The van der Waals surface area contributed by atoms with Crippen LogP contribution in [0.1, 0.15) is 0 Å². The molecule has 0 spiro atoms. The number of nitrogens with zero attached hydrogens (tertiary/aromatic N) is 1. The quantitative estimate of drug-likeness (QED) is 0.425. The van der Waals surface area contributed by atoms with Crippen LogP contribution in [0.4, 0.5) is 5.69 Å². The topological polar surface area (TPSA) is 129 Å². The van der Waals surface area contributed by atoms with Gasteiger partial charge in [0.2, 0.25) is 5.75 Å². The van der Waals surface area contributed by atoms with Crippen LogP contribution in [0.2, 0.25) is 0 Å². The van der Waals surface area contributed by atoms with Gasteiger partial charge in [-0.2, -0.15) is 0 Å². The molecule has 2 N–H and O–H groups in total. The number of hydrogen-bond acceptors (Lipinski definition) is 8. The third-order valence-electron chi connectivity index (χ3n) is 3.76. The van der Waals surface area contributed by atoms with E-state index in [9.17, 15) is 20.0 Å². The zero-order valence-corrected chi connectivity index (χ0v) is 16.0. The van der Waals surface area contributed by atoms with Crippen molar-refractivity contribution in [2.75, 3.05) is 34.0 Å². The van der Waals surface area contributed by atoms with Gasteiger partial charge in [0.25, 0.3) is 5.91 Å². The summed E-state index contributed by atoms with van der Waals surface area (Å²) in [5.74, 6) is 0.663. The first-order valence-electron chi connectivity index (χ1n) is 8.61. The van der Waals surface area contributed by atoms with E-state index in [4.69, 9.17) is 18.9 Å². The molecule has 0 radical (unpaired) electrons. The molecular formula is C19H22N2O8. The highest BCUT2D eigenvalue weighted by molar-refractivity contribution is 5.77. The van der Waals surface area contributed by atoms with Crippen LogP contribution in [0.25, 0.3) is 0 Å². The summed E-state index contributed by atoms with van der Waals surface area (Å²) in [6, 6.07) is 10.8. The summed E-state index contributed by atoms with van der Waals surface area (Å²) in [7, 11) is 2.96. The minimum atomic E-state index is -1.01. The van der Waals surface area contributed by atoms with Crippen LogP contribution in [0, 0.1) is 10.1 Å². The molecule has 156 valence electrons. The molecule has 0 saturated heterocycles. The second kappa shape index (κ2) is 10.7. The van der Waals surface area contributed by atoms with Crippen LogP contribution in [0.5, 0.6) is 23.0 Å². The van der Waals surface area contributed by atoms with Gasteiger partial charge in [0.05, 0.1) is 19.1 Å². The Morgan fingerprint density at radius 2 is 1.69 bits per heavy atom. The molecule has 2 aromatic carbocycles. The monoisotopic (exact) mass is 406 g/mol. The zero-order valence-electron chi connectivity index (χ0n) is 16.0. The summed E-state index contributed by atoms with van der Waals surface area (Å²) in [5.41, 5.74) is -0.237. The van der Waals surface area contributed by atoms with E-state index < -0.39 is 23.5 Å². The van der Waals surface area contributed by atoms with Gasteiger partial charge < -0.3 is 29.4 Å². The molecule has 10 heteroatoms. The molecule has 0 saturated carbocycles. The van der Waals surface area contributed by atoms with Gasteiger partial charge >= 0.3 is 5.69 Å². The molecule has 0 heterocycles. The Morgan fingerprint density at radius 3 is 2.31 bits per heavy atom. The maximum atomic E-state index is 11.9. The van der Waals surface area contributed by atoms with E-state index in [0.29, 0.717) is 17.2 Å². The summed E-state index contributed by atoms with van der Waals surface area (Å²) in [4.78, 5) is 22.2. The van der Waals surface area contributed by atoms with Gasteiger partial charge in [-0.25, -0.2) is 0 Å². The Hall–Kier alpha value is -3.53. The molecule has 0 fully saturated rings. The molecule has 0 aliphatic heterocycles.